The summed E-state index contributed by atoms with van der Waals surface area (Å²) < 4.78 is 6.78. The molecule has 3 heterocycles. The molecular weight excluding hydrogens is 673 g/mol. The van der Waals surface area contributed by atoms with Gasteiger partial charge in [-0.25, -0.2) is 15.0 Å². The van der Waals surface area contributed by atoms with E-state index in [2.05, 4.69) is 93.4 Å². The number of hydrogen-bond donors (Lipinski definition) is 0. The minimum atomic E-state index is 0. The molecule has 0 amide bonds. The van der Waals surface area contributed by atoms with Crippen LogP contribution in [0.5, 0.6) is 0 Å². The summed E-state index contributed by atoms with van der Waals surface area (Å²) in [6, 6.07) is 25.4. The molecule has 53 heavy (non-hydrogen) atoms. The molecule has 9 rings (SSSR count). The van der Waals surface area contributed by atoms with Crippen LogP contribution in [0.2, 0.25) is 0 Å². The van der Waals surface area contributed by atoms with Gasteiger partial charge in [-0.1, -0.05) is 101 Å². The zero-order valence-corrected chi connectivity index (χ0v) is 32.1. The second-order valence-corrected chi connectivity index (χ2v) is 15.4. The minimum absolute atomic E-state index is 0. The number of aliphatic imine (C=N–C) groups is 2. The van der Waals surface area contributed by atoms with Crippen molar-refractivity contribution in [1.29, 1.82) is 0 Å². The van der Waals surface area contributed by atoms with E-state index in [4.69, 9.17) is 31.5 Å². The van der Waals surface area contributed by atoms with E-state index in [-0.39, 0.29) is 13.5 Å². The van der Waals surface area contributed by atoms with Crippen LogP contribution >= 0.6 is 13.5 Å². The van der Waals surface area contributed by atoms with Crippen molar-refractivity contribution in [3.05, 3.63) is 96.8 Å². The van der Waals surface area contributed by atoms with Gasteiger partial charge < -0.3 is 0 Å². The van der Waals surface area contributed by atoms with Gasteiger partial charge in [0.25, 0.3) is 0 Å². The lowest BCUT2D eigenvalue weighted by Gasteiger charge is -2.24. The second-order valence-electron chi connectivity index (χ2n) is 15.4. The zero-order chi connectivity index (χ0) is 35.0. The molecule has 0 radical (unpaired) electrons. The smallest absolute Gasteiger partial charge is 0.239 e. The molecule has 3 fully saturated rings. The van der Waals surface area contributed by atoms with E-state index < -0.39 is 0 Å². The maximum absolute atomic E-state index is 5.56. The number of benzene rings is 3. The fraction of sp³-hybridized carbons (Fsp3) is 0.432. The summed E-state index contributed by atoms with van der Waals surface area (Å²) >= 11 is 0. The van der Waals surface area contributed by atoms with Gasteiger partial charge in [-0.15, -0.1) is 0 Å². The third-order valence-electron chi connectivity index (χ3n) is 11.9. The fourth-order valence-corrected chi connectivity index (χ4v) is 9.34. The van der Waals surface area contributed by atoms with Crippen LogP contribution in [-0.2, 0) is 0 Å². The highest BCUT2D eigenvalue weighted by atomic mass is 32.1. The normalized spacial score (nSPS) is 18.6. The molecule has 274 valence electrons. The van der Waals surface area contributed by atoms with Crippen molar-refractivity contribution in [2.24, 2.45) is 9.98 Å². The number of para-hydroxylation sites is 6. The molecule has 3 aliphatic rings. The van der Waals surface area contributed by atoms with E-state index in [0.717, 1.165) is 94.9 Å². The van der Waals surface area contributed by atoms with Crippen LogP contribution in [0.3, 0.4) is 0 Å². The lowest BCUT2D eigenvalue weighted by atomic mass is 9.88. The maximum Gasteiger partial charge on any atom is 0.239 e. The monoisotopic (exact) mass is 724 g/mol. The summed E-state index contributed by atoms with van der Waals surface area (Å²) in [6.45, 7) is 6.82. The van der Waals surface area contributed by atoms with Crippen molar-refractivity contribution >= 4 is 64.2 Å². The van der Waals surface area contributed by atoms with Gasteiger partial charge in [0.2, 0.25) is 5.96 Å². The lowest BCUT2D eigenvalue weighted by molar-refractivity contribution is 0.426. The van der Waals surface area contributed by atoms with Crippen LogP contribution in [0.4, 0.5) is 0 Å². The Balaban J connectivity index is 0.00000400. The molecule has 8 nitrogen and oxygen atoms in total. The van der Waals surface area contributed by atoms with Crippen molar-refractivity contribution in [3.63, 3.8) is 0 Å². The predicted octanol–water partition coefficient (Wildman–Crippen LogP) is 11.3. The standard InChI is InChI=1S/C44H50N8.H2S/c1-30(50-38-27-15-12-24-35(38)47-41(50)32-18-6-3-7-19-32)45-44(52-40-29-17-14-26-37(40)49-43(52)34-22-10-5-11-23-34)46-31(2)51-39-28-16-13-25-36(39)48-42(51)33-20-8-4-9-21-33;/h12-17,24-29,32-34H,1,3-11,18-23H2,2H3;1H2/b45-44+,46-31+;. The summed E-state index contributed by atoms with van der Waals surface area (Å²) in [6.07, 6.45) is 18.1. The van der Waals surface area contributed by atoms with Gasteiger partial charge in [-0.2, -0.15) is 23.5 Å². The third-order valence-corrected chi connectivity index (χ3v) is 11.9. The number of imidazole rings is 3. The fourth-order valence-electron chi connectivity index (χ4n) is 9.34. The Hall–Kier alpha value is -4.50. The first-order valence-electron chi connectivity index (χ1n) is 19.9. The van der Waals surface area contributed by atoms with E-state index in [1.807, 2.05) is 0 Å². The summed E-state index contributed by atoms with van der Waals surface area (Å²) in [5.41, 5.74) is 6.13. The van der Waals surface area contributed by atoms with Crippen LogP contribution in [0.25, 0.3) is 38.9 Å². The Kier molecular flexibility index (Phi) is 10.4. The molecule has 3 aromatic heterocycles. The van der Waals surface area contributed by atoms with Gasteiger partial charge in [-0.3, -0.25) is 13.7 Å². The topological polar surface area (TPSA) is 78.2 Å². The molecule has 0 saturated heterocycles. The number of rotatable bonds is 5. The predicted molar refractivity (Wildman–Crippen MR) is 224 cm³/mol. The molecular formula is C44H52N8S. The highest BCUT2D eigenvalue weighted by Crippen LogP contribution is 2.38. The average Bonchev–Trinajstić information content (AvgIpc) is 3.91. The third kappa shape index (κ3) is 6.77. The van der Waals surface area contributed by atoms with Crippen LogP contribution < -0.4 is 0 Å². The minimum Gasteiger partial charge on any atom is -0.284 e. The first kappa shape index (κ1) is 35.5. The Morgan fingerprint density at radius 2 is 0.868 bits per heavy atom. The van der Waals surface area contributed by atoms with Crippen LogP contribution in [0.15, 0.2) is 89.4 Å². The van der Waals surface area contributed by atoms with Crippen LogP contribution in [-0.4, -0.2) is 40.4 Å². The van der Waals surface area contributed by atoms with E-state index in [9.17, 15) is 0 Å². The van der Waals surface area contributed by atoms with Gasteiger partial charge in [-0.05, 0) is 81.8 Å². The molecule has 3 saturated carbocycles. The Bertz CT molecular complexity index is 2300. The number of hydrogen-bond acceptors (Lipinski definition) is 4. The highest BCUT2D eigenvalue weighted by molar-refractivity contribution is 7.59. The lowest BCUT2D eigenvalue weighted by Crippen LogP contribution is -2.22. The average molecular weight is 725 g/mol. The quantitative estimate of drug-likeness (QED) is 0.131. The van der Waals surface area contributed by atoms with Gasteiger partial charge in [0.05, 0.1) is 33.1 Å². The molecule has 3 aliphatic carbocycles. The molecule has 0 aliphatic heterocycles. The summed E-state index contributed by atoms with van der Waals surface area (Å²) in [5, 5.41) is 0. The van der Waals surface area contributed by atoms with E-state index in [1.165, 1.54) is 57.8 Å². The molecule has 0 N–H and O–H groups in total. The molecule has 9 heteroatoms. The SMILES string of the molecule is C=C(/N=C(\N=C(/C)n1c(C2CCCCC2)nc2ccccc21)n1c(C2CCCCC2)nc2ccccc21)n1c(C2CCCCC2)nc2ccccc21.S. The number of fused-ring (bicyclic) bond motifs is 3. The van der Waals surface area contributed by atoms with Crippen molar-refractivity contribution in [2.45, 2.75) is 121 Å². The van der Waals surface area contributed by atoms with Crippen molar-refractivity contribution in [3.8, 4) is 0 Å². The zero-order valence-electron chi connectivity index (χ0n) is 31.1. The molecule has 6 aromatic rings. The Morgan fingerprint density at radius 3 is 1.32 bits per heavy atom. The maximum atomic E-state index is 5.56. The van der Waals surface area contributed by atoms with Crippen molar-refractivity contribution < 1.29 is 0 Å². The Labute approximate surface area is 319 Å². The van der Waals surface area contributed by atoms with Gasteiger partial charge >= 0.3 is 0 Å². The number of nitrogens with zero attached hydrogens (tertiary/aromatic N) is 8. The first-order valence-corrected chi connectivity index (χ1v) is 19.9. The van der Waals surface area contributed by atoms with Crippen LogP contribution in [0.1, 0.15) is 138 Å². The van der Waals surface area contributed by atoms with Gasteiger partial charge in [0.1, 0.15) is 29.1 Å². The second kappa shape index (κ2) is 15.5. The summed E-state index contributed by atoms with van der Waals surface area (Å²) in [5.74, 6) is 6.45. The molecule has 0 bridgehead atoms. The summed E-state index contributed by atoms with van der Waals surface area (Å²) in [4.78, 5) is 26.9. The van der Waals surface area contributed by atoms with Crippen LogP contribution in [0, 0.1) is 0 Å². The molecule has 3 aromatic carbocycles. The van der Waals surface area contributed by atoms with E-state index in [1.54, 1.807) is 0 Å². The summed E-state index contributed by atoms with van der Waals surface area (Å²) in [7, 11) is 0. The molecule has 0 atom stereocenters. The van der Waals surface area contributed by atoms with Crippen molar-refractivity contribution in [1.82, 2.24) is 28.7 Å². The molecule has 0 spiro atoms. The van der Waals surface area contributed by atoms with Gasteiger partial charge in [0, 0.05) is 17.8 Å². The first-order chi connectivity index (χ1) is 25.6. The van der Waals surface area contributed by atoms with E-state index >= 15 is 0 Å². The number of aromatic nitrogens is 6. The largest absolute Gasteiger partial charge is 0.284 e. The Morgan fingerprint density at radius 1 is 0.509 bits per heavy atom. The van der Waals surface area contributed by atoms with E-state index in [0.29, 0.717) is 29.5 Å². The molecule has 0 unspecified atom stereocenters. The highest BCUT2D eigenvalue weighted by Gasteiger charge is 2.28. The van der Waals surface area contributed by atoms with Crippen molar-refractivity contribution in [2.75, 3.05) is 0 Å². The van der Waals surface area contributed by atoms with Gasteiger partial charge in [0.15, 0.2) is 0 Å².